The highest BCUT2D eigenvalue weighted by atomic mass is 35.5. The van der Waals surface area contributed by atoms with E-state index < -0.39 is 24.3 Å². The molecule has 1 atom stereocenters. The summed E-state index contributed by atoms with van der Waals surface area (Å²) in [7, 11) is 0. The van der Waals surface area contributed by atoms with Gasteiger partial charge in [-0.05, 0) is 36.1 Å². The topological polar surface area (TPSA) is 55.4 Å². The van der Waals surface area contributed by atoms with E-state index in [1.165, 1.54) is 6.07 Å². The van der Waals surface area contributed by atoms with Crippen LogP contribution in [0.3, 0.4) is 0 Å². The van der Waals surface area contributed by atoms with Crippen LogP contribution in [0, 0.1) is 11.7 Å². The Bertz CT molecular complexity index is 765. The molecule has 1 amide bonds. The molecule has 0 aliphatic rings. The molecule has 2 aromatic carbocycles. The number of hydrogen-bond donors (Lipinski definition) is 1. The van der Waals surface area contributed by atoms with Crippen LogP contribution in [0.5, 0.6) is 0 Å². The maximum atomic E-state index is 13.0. The molecule has 138 valence electrons. The second kappa shape index (κ2) is 9.34. The Balaban J connectivity index is 1.96. The van der Waals surface area contributed by atoms with E-state index in [-0.39, 0.29) is 16.6 Å². The molecule has 0 radical (unpaired) electrons. The van der Waals surface area contributed by atoms with E-state index in [9.17, 15) is 14.0 Å². The van der Waals surface area contributed by atoms with Crippen molar-refractivity contribution < 1.29 is 18.7 Å². The predicted octanol–water partition coefficient (Wildman–Crippen LogP) is 4.54. The normalized spacial score (nSPS) is 11.9. The molecule has 0 fully saturated rings. The van der Waals surface area contributed by atoms with Crippen molar-refractivity contribution in [2.24, 2.45) is 5.92 Å². The fourth-order valence-corrected chi connectivity index (χ4v) is 2.78. The summed E-state index contributed by atoms with van der Waals surface area (Å²) >= 11 is 5.82. The van der Waals surface area contributed by atoms with Gasteiger partial charge in [-0.25, -0.2) is 9.18 Å². The van der Waals surface area contributed by atoms with E-state index >= 15 is 0 Å². The number of carbonyl (C=O) groups is 2. The largest absolute Gasteiger partial charge is 0.452 e. The standard InChI is InChI=1S/C20H21ClFNO3/c1-13(2)10-18(14-6-4-3-5-7-14)23-19(24)12-26-20(25)16-9-8-15(22)11-17(16)21/h3-9,11,13,18H,10,12H2,1-2H3,(H,23,24)/t18-/m1/s1. The molecule has 0 bridgehead atoms. The van der Waals surface area contributed by atoms with Crippen LogP contribution in [-0.4, -0.2) is 18.5 Å². The zero-order valence-electron chi connectivity index (χ0n) is 14.7. The van der Waals surface area contributed by atoms with Gasteiger partial charge in [0.2, 0.25) is 0 Å². The first-order valence-electron chi connectivity index (χ1n) is 8.33. The monoisotopic (exact) mass is 377 g/mol. The first kappa shape index (κ1) is 19.9. The van der Waals surface area contributed by atoms with Gasteiger partial charge in [-0.15, -0.1) is 0 Å². The highest BCUT2D eigenvalue weighted by molar-refractivity contribution is 6.33. The molecule has 6 heteroatoms. The number of carbonyl (C=O) groups excluding carboxylic acids is 2. The van der Waals surface area contributed by atoms with Gasteiger partial charge in [-0.2, -0.15) is 0 Å². The summed E-state index contributed by atoms with van der Waals surface area (Å²) < 4.78 is 18.0. The highest BCUT2D eigenvalue weighted by Gasteiger charge is 2.18. The van der Waals surface area contributed by atoms with Gasteiger partial charge in [0.1, 0.15) is 5.82 Å². The molecular weight excluding hydrogens is 357 g/mol. The summed E-state index contributed by atoms with van der Waals surface area (Å²) in [5, 5.41) is 2.83. The van der Waals surface area contributed by atoms with Crippen molar-refractivity contribution in [3.8, 4) is 0 Å². The van der Waals surface area contributed by atoms with Crippen LogP contribution >= 0.6 is 11.6 Å². The lowest BCUT2D eigenvalue weighted by Crippen LogP contribution is -2.33. The van der Waals surface area contributed by atoms with Crippen molar-refractivity contribution in [1.29, 1.82) is 0 Å². The van der Waals surface area contributed by atoms with E-state index in [4.69, 9.17) is 16.3 Å². The van der Waals surface area contributed by atoms with Gasteiger partial charge < -0.3 is 10.1 Å². The third-order valence-electron chi connectivity index (χ3n) is 3.73. The quantitative estimate of drug-likeness (QED) is 0.721. The Morgan fingerprint density at radius 2 is 1.85 bits per heavy atom. The van der Waals surface area contributed by atoms with Crippen molar-refractivity contribution in [2.45, 2.75) is 26.3 Å². The third kappa shape index (κ3) is 5.85. The molecule has 0 aliphatic heterocycles. The minimum Gasteiger partial charge on any atom is -0.452 e. The zero-order valence-corrected chi connectivity index (χ0v) is 15.4. The zero-order chi connectivity index (χ0) is 19.1. The van der Waals surface area contributed by atoms with Crippen molar-refractivity contribution in [1.82, 2.24) is 5.32 Å². The average molecular weight is 378 g/mol. The van der Waals surface area contributed by atoms with Crippen LogP contribution in [0.15, 0.2) is 48.5 Å². The molecule has 0 aromatic heterocycles. The average Bonchev–Trinajstić information content (AvgIpc) is 2.59. The molecule has 2 aromatic rings. The van der Waals surface area contributed by atoms with Gasteiger partial charge in [-0.3, -0.25) is 4.79 Å². The predicted molar refractivity (Wildman–Crippen MR) is 98.5 cm³/mol. The van der Waals surface area contributed by atoms with Crippen molar-refractivity contribution in [3.05, 3.63) is 70.5 Å². The third-order valence-corrected chi connectivity index (χ3v) is 4.04. The van der Waals surface area contributed by atoms with E-state index in [1.807, 2.05) is 30.3 Å². The van der Waals surface area contributed by atoms with Gasteiger partial charge in [0.15, 0.2) is 6.61 Å². The summed E-state index contributed by atoms with van der Waals surface area (Å²) in [5.74, 6) is -1.36. The number of esters is 1. The van der Waals surface area contributed by atoms with Crippen LogP contribution in [0.25, 0.3) is 0 Å². The molecular formula is C20H21ClFNO3. The first-order chi connectivity index (χ1) is 12.4. The lowest BCUT2D eigenvalue weighted by molar-refractivity contribution is -0.125. The molecule has 0 saturated heterocycles. The van der Waals surface area contributed by atoms with Crippen molar-refractivity contribution in [2.75, 3.05) is 6.61 Å². The summed E-state index contributed by atoms with van der Waals surface area (Å²) in [5.41, 5.74) is 1.00. The molecule has 0 spiro atoms. The second-order valence-electron chi connectivity index (χ2n) is 6.36. The lowest BCUT2D eigenvalue weighted by Gasteiger charge is -2.21. The molecule has 2 rings (SSSR count). The fourth-order valence-electron chi connectivity index (χ4n) is 2.53. The molecule has 0 heterocycles. The van der Waals surface area contributed by atoms with E-state index in [1.54, 1.807) is 0 Å². The molecule has 0 aliphatic carbocycles. The minimum absolute atomic E-state index is 0.0163. The van der Waals surface area contributed by atoms with Crippen molar-refractivity contribution >= 4 is 23.5 Å². The van der Waals surface area contributed by atoms with Crippen LogP contribution in [0.2, 0.25) is 5.02 Å². The smallest absolute Gasteiger partial charge is 0.340 e. The Hall–Kier alpha value is -2.40. The van der Waals surface area contributed by atoms with Gasteiger partial charge in [0.25, 0.3) is 5.91 Å². The van der Waals surface area contributed by atoms with Crippen LogP contribution in [0.4, 0.5) is 4.39 Å². The first-order valence-corrected chi connectivity index (χ1v) is 8.71. The number of ether oxygens (including phenoxy) is 1. The summed E-state index contributed by atoms with van der Waals surface area (Å²) in [6.45, 7) is 3.70. The van der Waals surface area contributed by atoms with Gasteiger partial charge >= 0.3 is 5.97 Å². The van der Waals surface area contributed by atoms with E-state index in [2.05, 4.69) is 19.2 Å². The number of nitrogens with one attached hydrogen (secondary N) is 1. The number of benzene rings is 2. The number of halogens is 2. The summed E-state index contributed by atoms with van der Waals surface area (Å²) in [6.07, 6.45) is 0.757. The Morgan fingerprint density at radius 3 is 2.46 bits per heavy atom. The molecule has 4 nitrogen and oxygen atoms in total. The maximum absolute atomic E-state index is 13.0. The summed E-state index contributed by atoms with van der Waals surface area (Å²) in [4.78, 5) is 24.2. The Labute approximate surface area is 157 Å². The maximum Gasteiger partial charge on any atom is 0.340 e. The van der Waals surface area contributed by atoms with Crippen LogP contribution < -0.4 is 5.32 Å². The molecule has 1 N–H and O–H groups in total. The number of hydrogen-bond acceptors (Lipinski definition) is 3. The summed E-state index contributed by atoms with van der Waals surface area (Å²) in [6, 6.07) is 12.8. The SMILES string of the molecule is CC(C)C[C@@H](NC(=O)COC(=O)c1ccc(F)cc1Cl)c1ccccc1. The number of amides is 1. The van der Waals surface area contributed by atoms with Crippen LogP contribution in [0.1, 0.15) is 42.2 Å². The van der Waals surface area contributed by atoms with Gasteiger partial charge in [-0.1, -0.05) is 55.8 Å². The lowest BCUT2D eigenvalue weighted by atomic mass is 9.97. The van der Waals surface area contributed by atoms with Crippen LogP contribution in [-0.2, 0) is 9.53 Å². The van der Waals surface area contributed by atoms with Crippen molar-refractivity contribution in [3.63, 3.8) is 0 Å². The highest BCUT2D eigenvalue weighted by Crippen LogP contribution is 2.21. The van der Waals surface area contributed by atoms with E-state index in [0.717, 1.165) is 24.1 Å². The van der Waals surface area contributed by atoms with Gasteiger partial charge in [0.05, 0.1) is 16.6 Å². The second-order valence-corrected chi connectivity index (χ2v) is 6.77. The molecule has 0 saturated carbocycles. The molecule has 0 unspecified atom stereocenters. The Morgan fingerprint density at radius 1 is 1.15 bits per heavy atom. The fraction of sp³-hybridized carbons (Fsp3) is 0.300. The van der Waals surface area contributed by atoms with Gasteiger partial charge in [0, 0.05) is 0 Å². The number of rotatable bonds is 7. The van der Waals surface area contributed by atoms with E-state index in [0.29, 0.717) is 5.92 Å². The minimum atomic E-state index is -0.773. The Kier molecular flexibility index (Phi) is 7.16. The molecule has 26 heavy (non-hydrogen) atoms.